The van der Waals surface area contributed by atoms with Crippen LogP contribution in [0.4, 0.5) is 4.39 Å². The summed E-state index contributed by atoms with van der Waals surface area (Å²) in [5.74, 6) is 1.23. The highest BCUT2D eigenvalue weighted by molar-refractivity contribution is 5.30. The monoisotopic (exact) mass is 182 g/mol. The summed E-state index contributed by atoms with van der Waals surface area (Å²) in [6, 6.07) is 7.79. The molecule has 0 heterocycles. The summed E-state index contributed by atoms with van der Waals surface area (Å²) >= 11 is 0. The third-order valence-corrected chi connectivity index (χ3v) is 1.87. The van der Waals surface area contributed by atoms with E-state index < -0.39 is 6.67 Å². The quantitative estimate of drug-likeness (QED) is 0.695. The number of halogens is 1. The molecule has 0 fully saturated rings. The second-order valence-electron chi connectivity index (χ2n) is 3.26. The van der Waals surface area contributed by atoms with Crippen molar-refractivity contribution in [2.24, 2.45) is 0 Å². The van der Waals surface area contributed by atoms with E-state index in [4.69, 9.17) is 4.74 Å². The van der Waals surface area contributed by atoms with Gasteiger partial charge in [-0.2, -0.15) is 0 Å². The zero-order valence-electron chi connectivity index (χ0n) is 8.09. The molecule has 1 nitrogen and oxygen atoms in total. The van der Waals surface area contributed by atoms with Crippen LogP contribution in [0.5, 0.6) is 5.75 Å². The average molecular weight is 182 g/mol. The van der Waals surface area contributed by atoms with Crippen LogP contribution >= 0.6 is 0 Å². The van der Waals surface area contributed by atoms with Crippen molar-refractivity contribution < 1.29 is 9.13 Å². The van der Waals surface area contributed by atoms with Crippen molar-refractivity contribution in [3.05, 3.63) is 29.8 Å². The molecule has 0 aliphatic rings. The minimum absolute atomic E-state index is 0.140. The first kappa shape index (κ1) is 10.0. The fraction of sp³-hybridized carbons (Fsp3) is 0.455. The first-order valence-corrected chi connectivity index (χ1v) is 4.52. The number of rotatable bonds is 4. The minimum atomic E-state index is -0.439. The van der Waals surface area contributed by atoms with Crippen molar-refractivity contribution in [2.45, 2.75) is 19.8 Å². The van der Waals surface area contributed by atoms with Gasteiger partial charge >= 0.3 is 0 Å². The highest BCUT2D eigenvalue weighted by Crippen LogP contribution is 2.19. The number of benzene rings is 1. The van der Waals surface area contributed by atoms with Gasteiger partial charge in [-0.1, -0.05) is 26.0 Å². The predicted molar refractivity (Wildman–Crippen MR) is 52.0 cm³/mol. The first-order valence-electron chi connectivity index (χ1n) is 4.52. The van der Waals surface area contributed by atoms with E-state index in [1.165, 1.54) is 5.56 Å². The molecule has 0 bridgehead atoms. The van der Waals surface area contributed by atoms with Crippen molar-refractivity contribution in [3.8, 4) is 5.75 Å². The lowest BCUT2D eigenvalue weighted by molar-refractivity contribution is 0.273. The normalized spacial score (nSPS) is 10.5. The molecule has 0 saturated carbocycles. The van der Waals surface area contributed by atoms with Gasteiger partial charge in [-0.3, -0.25) is 0 Å². The second kappa shape index (κ2) is 4.85. The van der Waals surface area contributed by atoms with E-state index in [1.54, 1.807) is 0 Å². The number of alkyl halides is 1. The topological polar surface area (TPSA) is 9.23 Å². The van der Waals surface area contributed by atoms with Gasteiger partial charge in [0.2, 0.25) is 0 Å². The maximum atomic E-state index is 11.8. The van der Waals surface area contributed by atoms with Crippen LogP contribution in [0.1, 0.15) is 25.3 Å². The Balaban J connectivity index is 2.68. The highest BCUT2D eigenvalue weighted by Gasteiger charge is 2.00. The summed E-state index contributed by atoms with van der Waals surface area (Å²) in [5, 5.41) is 0. The van der Waals surface area contributed by atoms with Gasteiger partial charge in [-0.05, 0) is 23.6 Å². The molecule has 0 N–H and O–H groups in total. The van der Waals surface area contributed by atoms with Crippen molar-refractivity contribution in [3.63, 3.8) is 0 Å². The summed E-state index contributed by atoms with van der Waals surface area (Å²) in [7, 11) is 0. The van der Waals surface area contributed by atoms with Crippen molar-refractivity contribution in [1.29, 1.82) is 0 Å². The van der Waals surface area contributed by atoms with Crippen LogP contribution in [0.25, 0.3) is 0 Å². The molecule has 0 atom stereocenters. The Morgan fingerprint density at radius 2 is 2.15 bits per heavy atom. The number of hydrogen-bond acceptors (Lipinski definition) is 1. The van der Waals surface area contributed by atoms with Gasteiger partial charge in [0, 0.05) is 0 Å². The number of hydrogen-bond donors (Lipinski definition) is 0. The molecule has 0 aliphatic carbocycles. The lowest BCUT2D eigenvalue weighted by Gasteiger charge is -2.08. The van der Waals surface area contributed by atoms with Gasteiger partial charge in [0.1, 0.15) is 19.0 Å². The Labute approximate surface area is 78.5 Å². The molecular weight excluding hydrogens is 167 g/mol. The van der Waals surface area contributed by atoms with Crippen LogP contribution < -0.4 is 4.74 Å². The largest absolute Gasteiger partial charge is 0.491 e. The van der Waals surface area contributed by atoms with E-state index in [0.717, 1.165) is 5.75 Å². The van der Waals surface area contributed by atoms with Gasteiger partial charge in [-0.25, -0.2) is 4.39 Å². The molecule has 13 heavy (non-hydrogen) atoms. The summed E-state index contributed by atoms with van der Waals surface area (Å²) in [6.07, 6.45) is 0. The molecule has 2 heteroatoms. The molecule has 1 rings (SSSR count). The van der Waals surface area contributed by atoms with E-state index >= 15 is 0 Å². The maximum absolute atomic E-state index is 11.8. The van der Waals surface area contributed by atoms with E-state index in [1.807, 2.05) is 24.3 Å². The van der Waals surface area contributed by atoms with Gasteiger partial charge in [0.25, 0.3) is 0 Å². The van der Waals surface area contributed by atoms with Crippen LogP contribution in [0.15, 0.2) is 24.3 Å². The smallest absolute Gasteiger partial charge is 0.123 e. The van der Waals surface area contributed by atoms with Crippen molar-refractivity contribution in [1.82, 2.24) is 0 Å². The van der Waals surface area contributed by atoms with Crippen LogP contribution in [0, 0.1) is 0 Å². The fourth-order valence-electron chi connectivity index (χ4n) is 1.12. The summed E-state index contributed by atoms with van der Waals surface area (Å²) in [5.41, 5.74) is 1.22. The highest BCUT2D eigenvalue weighted by atomic mass is 19.1. The number of ether oxygens (including phenoxy) is 1. The van der Waals surface area contributed by atoms with Crippen molar-refractivity contribution in [2.75, 3.05) is 13.3 Å². The second-order valence-corrected chi connectivity index (χ2v) is 3.26. The van der Waals surface area contributed by atoms with E-state index in [2.05, 4.69) is 13.8 Å². The third kappa shape index (κ3) is 3.05. The molecule has 0 aromatic heterocycles. The van der Waals surface area contributed by atoms with Gasteiger partial charge in [-0.15, -0.1) is 0 Å². The zero-order valence-corrected chi connectivity index (χ0v) is 8.09. The minimum Gasteiger partial charge on any atom is -0.491 e. The molecule has 0 radical (unpaired) electrons. The van der Waals surface area contributed by atoms with Gasteiger partial charge < -0.3 is 4.74 Å². The molecule has 72 valence electrons. The molecule has 1 aromatic rings. The van der Waals surface area contributed by atoms with Crippen LogP contribution in [0.2, 0.25) is 0 Å². The molecule has 1 aromatic carbocycles. The first-order chi connectivity index (χ1) is 6.24. The maximum Gasteiger partial charge on any atom is 0.123 e. The van der Waals surface area contributed by atoms with Crippen LogP contribution in [-0.4, -0.2) is 13.3 Å². The lowest BCUT2D eigenvalue weighted by Crippen LogP contribution is -1.99. The molecule has 0 aliphatic heterocycles. The molecular formula is C11H15FO. The Morgan fingerprint density at radius 1 is 1.38 bits per heavy atom. The predicted octanol–water partition coefficient (Wildman–Crippen LogP) is 3.16. The van der Waals surface area contributed by atoms with E-state index in [-0.39, 0.29) is 6.61 Å². The van der Waals surface area contributed by atoms with Crippen LogP contribution in [0.3, 0.4) is 0 Å². The lowest BCUT2D eigenvalue weighted by atomic mass is 10.0. The van der Waals surface area contributed by atoms with Crippen LogP contribution in [-0.2, 0) is 0 Å². The molecule has 0 saturated heterocycles. The van der Waals surface area contributed by atoms with Gasteiger partial charge in [0.15, 0.2) is 0 Å². The third-order valence-electron chi connectivity index (χ3n) is 1.87. The summed E-state index contributed by atoms with van der Waals surface area (Å²) in [6.45, 7) is 3.94. The Bertz CT molecular complexity index is 258. The SMILES string of the molecule is CC(C)c1cccc(OCCF)c1. The van der Waals surface area contributed by atoms with Crippen molar-refractivity contribution >= 4 is 0 Å². The van der Waals surface area contributed by atoms with E-state index in [9.17, 15) is 4.39 Å². The van der Waals surface area contributed by atoms with E-state index in [0.29, 0.717) is 5.92 Å². The standard InChI is InChI=1S/C11H15FO/c1-9(2)10-4-3-5-11(8-10)13-7-6-12/h3-5,8-9H,6-7H2,1-2H3. The zero-order chi connectivity index (χ0) is 9.68. The Kier molecular flexibility index (Phi) is 3.74. The Hall–Kier alpha value is -1.05. The van der Waals surface area contributed by atoms with Gasteiger partial charge in [0.05, 0.1) is 0 Å². The fourth-order valence-corrected chi connectivity index (χ4v) is 1.12. The molecule has 0 unspecified atom stereocenters. The Morgan fingerprint density at radius 3 is 2.77 bits per heavy atom. The molecule has 0 amide bonds. The average Bonchev–Trinajstić information content (AvgIpc) is 2.15. The summed E-state index contributed by atoms with van der Waals surface area (Å²) in [4.78, 5) is 0. The molecule has 0 spiro atoms. The summed E-state index contributed by atoms with van der Waals surface area (Å²) < 4.78 is 17.0.